The summed E-state index contributed by atoms with van der Waals surface area (Å²) in [5, 5.41) is 12.1. The van der Waals surface area contributed by atoms with E-state index in [0.717, 1.165) is 5.69 Å². The topological polar surface area (TPSA) is 48.7 Å². The van der Waals surface area contributed by atoms with E-state index < -0.39 is 5.54 Å². The summed E-state index contributed by atoms with van der Waals surface area (Å²) in [5.41, 5.74) is 0.438. The highest BCUT2D eigenvalue weighted by Gasteiger charge is 2.19. The Labute approximate surface area is 84.8 Å². The molecular weight excluding hydrogens is 174 g/mol. The molecule has 0 aliphatic carbocycles. The Morgan fingerprint density at radius 3 is 2.71 bits per heavy atom. The summed E-state index contributed by atoms with van der Waals surface area (Å²) in [7, 11) is 0. The van der Waals surface area contributed by atoms with Crippen LogP contribution in [0.2, 0.25) is 0 Å². The Kier molecular flexibility index (Phi) is 3.21. The molecule has 0 aliphatic heterocycles. The van der Waals surface area contributed by atoms with Gasteiger partial charge in [-0.05, 0) is 32.9 Å². The second-order valence-corrected chi connectivity index (χ2v) is 3.86. The average molecular weight is 189 g/mol. The zero-order chi connectivity index (χ0) is 10.6. The van der Waals surface area contributed by atoms with Gasteiger partial charge in [0.25, 0.3) is 0 Å². The molecule has 0 amide bonds. The lowest BCUT2D eigenvalue weighted by Crippen LogP contribution is -2.39. The van der Waals surface area contributed by atoms with E-state index in [-0.39, 0.29) is 6.04 Å². The third kappa shape index (κ3) is 2.82. The predicted molar refractivity (Wildman–Crippen MR) is 55.5 cm³/mol. The Morgan fingerprint density at radius 2 is 2.21 bits per heavy atom. The first-order valence-corrected chi connectivity index (χ1v) is 4.65. The molecule has 3 heteroatoms. The fourth-order valence-corrected chi connectivity index (χ4v) is 1.28. The molecule has 0 fully saturated rings. The van der Waals surface area contributed by atoms with Crippen molar-refractivity contribution in [1.82, 2.24) is 10.3 Å². The van der Waals surface area contributed by atoms with Gasteiger partial charge in [0.15, 0.2) is 0 Å². The molecule has 1 aromatic rings. The molecule has 0 radical (unpaired) electrons. The molecule has 0 saturated heterocycles. The molecule has 1 aromatic heterocycles. The lowest BCUT2D eigenvalue weighted by Gasteiger charge is -2.22. The minimum Gasteiger partial charge on any atom is -0.292 e. The van der Waals surface area contributed by atoms with Gasteiger partial charge in [0.2, 0.25) is 0 Å². The van der Waals surface area contributed by atoms with E-state index in [1.54, 1.807) is 6.20 Å². The van der Waals surface area contributed by atoms with Gasteiger partial charge in [-0.25, -0.2) is 0 Å². The predicted octanol–water partition coefficient (Wildman–Crippen LogP) is 2.03. The van der Waals surface area contributed by atoms with Crippen molar-refractivity contribution in [2.75, 3.05) is 0 Å². The van der Waals surface area contributed by atoms with Crippen LogP contribution in [0.4, 0.5) is 0 Å². The van der Waals surface area contributed by atoms with Crippen molar-refractivity contribution < 1.29 is 0 Å². The maximum Gasteiger partial charge on any atom is 0.101 e. The second-order valence-electron chi connectivity index (χ2n) is 3.86. The quantitative estimate of drug-likeness (QED) is 0.791. The molecule has 1 heterocycles. The van der Waals surface area contributed by atoms with Gasteiger partial charge >= 0.3 is 0 Å². The molecule has 1 atom stereocenters. The Morgan fingerprint density at radius 1 is 1.50 bits per heavy atom. The Balaban J connectivity index is 2.70. The van der Waals surface area contributed by atoms with E-state index in [0.29, 0.717) is 0 Å². The van der Waals surface area contributed by atoms with Crippen molar-refractivity contribution >= 4 is 0 Å². The summed E-state index contributed by atoms with van der Waals surface area (Å²) >= 11 is 0. The highest BCUT2D eigenvalue weighted by Crippen LogP contribution is 2.12. The largest absolute Gasteiger partial charge is 0.292 e. The van der Waals surface area contributed by atoms with Crippen molar-refractivity contribution in [2.24, 2.45) is 0 Å². The van der Waals surface area contributed by atoms with Gasteiger partial charge < -0.3 is 0 Å². The van der Waals surface area contributed by atoms with Crippen LogP contribution in [0.1, 0.15) is 32.5 Å². The molecule has 0 aliphatic rings. The monoisotopic (exact) mass is 189 g/mol. The maximum atomic E-state index is 8.86. The van der Waals surface area contributed by atoms with Gasteiger partial charge in [-0.2, -0.15) is 5.26 Å². The van der Waals surface area contributed by atoms with Crippen molar-refractivity contribution in [3.05, 3.63) is 30.1 Å². The molecule has 1 N–H and O–H groups in total. The molecule has 0 saturated carbocycles. The fraction of sp³-hybridized carbons (Fsp3) is 0.455. The molecule has 74 valence electrons. The van der Waals surface area contributed by atoms with Crippen molar-refractivity contribution in [3.63, 3.8) is 0 Å². The molecular formula is C11H15N3. The van der Waals surface area contributed by atoms with Crippen LogP contribution in [-0.2, 0) is 0 Å². The number of pyridine rings is 1. The number of nitriles is 1. The number of aromatic nitrogens is 1. The van der Waals surface area contributed by atoms with Crippen molar-refractivity contribution in [1.29, 1.82) is 5.26 Å². The van der Waals surface area contributed by atoms with E-state index in [9.17, 15) is 0 Å². The molecule has 0 bridgehead atoms. The molecule has 0 spiro atoms. The van der Waals surface area contributed by atoms with Crippen LogP contribution in [-0.4, -0.2) is 10.5 Å². The van der Waals surface area contributed by atoms with E-state index >= 15 is 0 Å². The fourth-order valence-electron chi connectivity index (χ4n) is 1.28. The first-order chi connectivity index (χ1) is 6.55. The maximum absolute atomic E-state index is 8.86. The average Bonchev–Trinajstić information content (AvgIpc) is 2.19. The number of nitrogens with zero attached hydrogens (tertiary/aromatic N) is 2. The molecule has 3 nitrogen and oxygen atoms in total. The first kappa shape index (κ1) is 10.7. The van der Waals surface area contributed by atoms with Crippen molar-refractivity contribution in [3.8, 4) is 6.07 Å². The highest BCUT2D eigenvalue weighted by atomic mass is 15.0. The van der Waals surface area contributed by atoms with E-state index in [1.807, 2.05) is 39.0 Å². The third-order valence-corrected chi connectivity index (χ3v) is 1.99. The standard InChI is InChI=1S/C11H15N3/c1-9(14-11(2,3)8-12)10-6-4-5-7-13-10/h4-7,9,14H,1-3H3. The van der Waals surface area contributed by atoms with Gasteiger partial charge in [0.05, 0.1) is 11.8 Å². The van der Waals surface area contributed by atoms with E-state index in [2.05, 4.69) is 16.4 Å². The summed E-state index contributed by atoms with van der Waals surface area (Å²) in [6.07, 6.45) is 1.76. The normalized spacial score (nSPS) is 13.3. The first-order valence-electron chi connectivity index (χ1n) is 4.65. The molecule has 1 rings (SSSR count). The zero-order valence-electron chi connectivity index (χ0n) is 8.78. The lowest BCUT2D eigenvalue weighted by molar-refractivity contribution is 0.422. The van der Waals surface area contributed by atoms with Gasteiger partial charge in [0.1, 0.15) is 5.54 Å². The summed E-state index contributed by atoms with van der Waals surface area (Å²) in [6.45, 7) is 5.71. The highest BCUT2D eigenvalue weighted by molar-refractivity contribution is 5.11. The van der Waals surface area contributed by atoms with Gasteiger partial charge in [-0.15, -0.1) is 0 Å². The van der Waals surface area contributed by atoms with Crippen LogP contribution >= 0.6 is 0 Å². The summed E-state index contributed by atoms with van der Waals surface area (Å²) in [5.74, 6) is 0. The minimum atomic E-state index is -0.517. The summed E-state index contributed by atoms with van der Waals surface area (Å²) in [4.78, 5) is 4.23. The third-order valence-electron chi connectivity index (χ3n) is 1.99. The van der Waals surface area contributed by atoms with E-state index in [1.165, 1.54) is 0 Å². The van der Waals surface area contributed by atoms with Crippen LogP contribution < -0.4 is 5.32 Å². The van der Waals surface area contributed by atoms with Crippen LogP contribution in [0.5, 0.6) is 0 Å². The summed E-state index contributed by atoms with van der Waals surface area (Å²) < 4.78 is 0. The number of nitrogens with one attached hydrogen (secondary N) is 1. The number of hydrogen-bond donors (Lipinski definition) is 1. The smallest absolute Gasteiger partial charge is 0.101 e. The molecule has 14 heavy (non-hydrogen) atoms. The van der Waals surface area contributed by atoms with Crippen LogP contribution in [0.3, 0.4) is 0 Å². The van der Waals surface area contributed by atoms with Crippen molar-refractivity contribution in [2.45, 2.75) is 32.4 Å². The minimum absolute atomic E-state index is 0.0887. The van der Waals surface area contributed by atoms with Gasteiger partial charge in [0, 0.05) is 12.2 Å². The lowest BCUT2D eigenvalue weighted by atomic mass is 10.1. The van der Waals surface area contributed by atoms with Crippen LogP contribution in [0, 0.1) is 11.3 Å². The van der Waals surface area contributed by atoms with Gasteiger partial charge in [-0.1, -0.05) is 6.07 Å². The number of hydrogen-bond acceptors (Lipinski definition) is 3. The Hall–Kier alpha value is -1.40. The SMILES string of the molecule is CC(NC(C)(C)C#N)c1ccccn1. The van der Waals surface area contributed by atoms with Gasteiger partial charge in [-0.3, -0.25) is 10.3 Å². The summed E-state index contributed by atoms with van der Waals surface area (Å²) in [6, 6.07) is 8.07. The Bertz CT molecular complexity index is 324. The van der Waals surface area contributed by atoms with E-state index in [4.69, 9.17) is 5.26 Å². The zero-order valence-corrected chi connectivity index (χ0v) is 8.78. The second kappa shape index (κ2) is 4.21. The molecule has 0 aromatic carbocycles. The number of rotatable bonds is 3. The van der Waals surface area contributed by atoms with Crippen LogP contribution in [0.25, 0.3) is 0 Å². The van der Waals surface area contributed by atoms with Crippen LogP contribution in [0.15, 0.2) is 24.4 Å². The molecule has 1 unspecified atom stereocenters.